The van der Waals surface area contributed by atoms with Crippen LogP contribution >= 0.6 is 0 Å². The highest BCUT2D eigenvalue weighted by Crippen LogP contribution is 2.38. The summed E-state index contributed by atoms with van der Waals surface area (Å²) in [6.45, 7) is 9.64. The number of rotatable bonds is 3. The number of pyridine rings is 1. The van der Waals surface area contributed by atoms with Gasteiger partial charge in [0, 0.05) is 34.7 Å². The van der Waals surface area contributed by atoms with Gasteiger partial charge in [0.1, 0.15) is 6.33 Å². The van der Waals surface area contributed by atoms with Crippen molar-refractivity contribution in [3.63, 3.8) is 0 Å². The van der Waals surface area contributed by atoms with Crippen molar-refractivity contribution in [3.8, 4) is 11.3 Å². The monoisotopic (exact) mass is 411 g/mol. The van der Waals surface area contributed by atoms with Gasteiger partial charge in [0.05, 0.1) is 5.69 Å². The summed E-state index contributed by atoms with van der Waals surface area (Å²) in [5, 5.41) is 13.6. The van der Waals surface area contributed by atoms with Gasteiger partial charge in [-0.15, -0.1) is 10.2 Å². The summed E-state index contributed by atoms with van der Waals surface area (Å²) < 4.78 is 2.05. The van der Waals surface area contributed by atoms with Gasteiger partial charge in [0.2, 0.25) is 0 Å². The first-order valence-corrected chi connectivity index (χ1v) is 11.7. The van der Waals surface area contributed by atoms with Crippen LogP contribution in [0.1, 0.15) is 49.3 Å². The summed E-state index contributed by atoms with van der Waals surface area (Å²) in [5.74, 6) is 0.430. The van der Waals surface area contributed by atoms with Crippen molar-refractivity contribution in [2.24, 2.45) is 0 Å². The second-order valence-electron chi connectivity index (χ2n) is 10.0. The summed E-state index contributed by atoms with van der Waals surface area (Å²) in [7, 11) is 0. The Morgan fingerprint density at radius 1 is 1.10 bits per heavy atom. The Kier molecular flexibility index (Phi) is 4.29. The molecule has 2 atom stereocenters. The third kappa shape index (κ3) is 2.95. The first kappa shape index (κ1) is 19.1. The van der Waals surface area contributed by atoms with Gasteiger partial charge in [-0.05, 0) is 55.4 Å². The first-order valence-electron chi connectivity index (χ1n) is 11.7. The maximum absolute atomic E-state index is 4.29. The number of benzene rings is 1. The highest BCUT2D eigenvalue weighted by molar-refractivity contribution is 6.74. The summed E-state index contributed by atoms with van der Waals surface area (Å²) in [6.07, 6.45) is 9.22. The van der Waals surface area contributed by atoms with E-state index in [2.05, 4.69) is 72.6 Å². The molecule has 158 valence electrons. The molecule has 2 aliphatic rings. The van der Waals surface area contributed by atoms with Crippen LogP contribution in [0, 0.1) is 13.8 Å². The Morgan fingerprint density at radius 3 is 2.61 bits per heavy atom. The van der Waals surface area contributed by atoms with Crippen molar-refractivity contribution < 1.29 is 0 Å². The predicted molar refractivity (Wildman–Crippen MR) is 129 cm³/mol. The van der Waals surface area contributed by atoms with Gasteiger partial charge in [-0.25, -0.2) is 0 Å². The van der Waals surface area contributed by atoms with Crippen LogP contribution in [-0.2, 0) is 0 Å². The molecular weight excluding hydrogens is 381 g/mol. The SMILES string of the molecule is Cc1c(-c2[nH]c3ccc(B4CC5CC[C@@H](C4)N5)cc3c2C(C)C)cn2cnnc2c1C. The standard InChI is InChI=1S/C25H30BN5/c1-14(2)23-20-9-17(26-10-18-6-7-19(11-26)28-18)5-8-22(20)29-24(23)21-12-31-13-27-30-25(31)16(4)15(21)3/h5,8-9,12-14,18-19,28-29H,6-7,10-11H2,1-4H3/t18-,19?/m0/s1. The molecule has 3 aromatic heterocycles. The Hall–Kier alpha value is -2.60. The van der Waals surface area contributed by atoms with E-state index in [9.17, 15) is 0 Å². The molecule has 6 rings (SSSR count). The van der Waals surface area contributed by atoms with Gasteiger partial charge in [0.25, 0.3) is 0 Å². The van der Waals surface area contributed by atoms with Crippen LogP contribution in [0.4, 0.5) is 0 Å². The molecule has 0 saturated carbocycles. The predicted octanol–water partition coefficient (Wildman–Crippen LogP) is 4.45. The van der Waals surface area contributed by atoms with Crippen molar-refractivity contribution in [2.75, 3.05) is 0 Å². The van der Waals surface area contributed by atoms with Crippen molar-refractivity contribution in [1.82, 2.24) is 24.9 Å². The Morgan fingerprint density at radius 2 is 1.87 bits per heavy atom. The quantitative estimate of drug-likeness (QED) is 0.490. The average Bonchev–Trinajstić information content (AvgIpc) is 3.46. The fourth-order valence-corrected chi connectivity index (χ4v) is 6.09. The number of aromatic nitrogens is 4. The lowest BCUT2D eigenvalue weighted by molar-refractivity contribution is 0.566. The molecule has 2 aliphatic heterocycles. The lowest BCUT2D eigenvalue weighted by Crippen LogP contribution is -2.46. The molecule has 0 amide bonds. The van der Waals surface area contributed by atoms with Crippen LogP contribution in [0.25, 0.3) is 27.8 Å². The first-order chi connectivity index (χ1) is 15.0. The summed E-state index contributed by atoms with van der Waals surface area (Å²) in [6, 6.07) is 8.59. The van der Waals surface area contributed by atoms with Gasteiger partial charge in [0.15, 0.2) is 12.4 Å². The molecule has 2 saturated heterocycles. The highest BCUT2D eigenvalue weighted by atomic mass is 15.2. The zero-order valence-electron chi connectivity index (χ0n) is 18.9. The van der Waals surface area contributed by atoms with Crippen LogP contribution in [0.3, 0.4) is 0 Å². The van der Waals surface area contributed by atoms with Gasteiger partial charge >= 0.3 is 0 Å². The lowest BCUT2D eigenvalue weighted by Gasteiger charge is -2.27. The molecule has 6 heteroatoms. The lowest BCUT2D eigenvalue weighted by atomic mass is 9.38. The van der Waals surface area contributed by atoms with E-state index in [4.69, 9.17) is 0 Å². The van der Waals surface area contributed by atoms with E-state index >= 15 is 0 Å². The molecule has 0 aliphatic carbocycles. The summed E-state index contributed by atoms with van der Waals surface area (Å²) >= 11 is 0. The van der Waals surface area contributed by atoms with E-state index in [0.717, 1.165) is 5.65 Å². The highest BCUT2D eigenvalue weighted by Gasteiger charge is 2.36. The van der Waals surface area contributed by atoms with E-state index < -0.39 is 0 Å². The maximum Gasteiger partial charge on any atom is 0.178 e. The van der Waals surface area contributed by atoms with Crippen molar-refractivity contribution in [1.29, 1.82) is 0 Å². The van der Waals surface area contributed by atoms with Crippen molar-refractivity contribution in [2.45, 2.75) is 71.2 Å². The smallest absolute Gasteiger partial charge is 0.178 e. The topological polar surface area (TPSA) is 58.0 Å². The van der Waals surface area contributed by atoms with E-state index in [1.165, 1.54) is 69.8 Å². The van der Waals surface area contributed by atoms with E-state index in [-0.39, 0.29) is 0 Å². The third-order valence-corrected chi connectivity index (χ3v) is 7.80. The fourth-order valence-electron chi connectivity index (χ4n) is 6.09. The van der Waals surface area contributed by atoms with E-state index in [0.29, 0.717) is 24.7 Å². The molecule has 1 unspecified atom stereocenters. The normalized spacial score (nSPS) is 21.1. The maximum atomic E-state index is 4.29. The third-order valence-electron chi connectivity index (χ3n) is 7.80. The Labute approximate surface area is 183 Å². The molecule has 5 nitrogen and oxygen atoms in total. The van der Waals surface area contributed by atoms with Crippen LogP contribution < -0.4 is 10.8 Å². The molecule has 4 aromatic rings. The fraction of sp³-hybridized carbons (Fsp3) is 0.440. The average molecular weight is 411 g/mol. The van der Waals surface area contributed by atoms with E-state index in [1.54, 1.807) is 6.33 Å². The second kappa shape index (κ2) is 6.96. The summed E-state index contributed by atoms with van der Waals surface area (Å²) in [5.41, 5.74) is 10.0. The zero-order valence-corrected chi connectivity index (χ0v) is 18.9. The molecule has 0 radical (unpaired) electrons. The van der Waals surface area contributed by atoms with Gasteiger partial charge in [-0.3, -0.25) is 4.40 Å². The molecule has 2 N–H and O–H groups in total. The number of hydrogen-bond donors (Lipinski definition) is 2. The number of aromatic amines is 1. The minimum absolute atomic E-state index is 0.430. The number of fused-ring (bicyclic) bond motifs is 4. The number of aryl methyl sites for hydroxylation is 1. The second-order valence-corrected chi connectivity index (χ2v) is 10.0. The number of hydrogen-bond acceptors (Lipinski definition) is 3. The van der Waals surface area contributed by atoms with Gasteiger partial charge in [-0.2, -0.15) is 0 Å². The Bertz CT molecular complexity index is 1290. The van der Waals surface area contributed by atoms with E-state index in [1.807, 2.05) is 4.40 Å². The molecule has 5 heterocycles. The van der Waals surface area contributed by atoms with Crippen LogP contribution in [0.15, 0.2) is 30.7 Å². The number of H-pyrrole nitrogens is 1. The number of nitrogens with one attached hydrogen (secondary N) is 2. The largest absolute Gasteiger partial charge is 0.354 e. The number of nitrogens with zero attached hydrogens (tertiary/aromatic N) is 3. The van der Waals surface area contributed by atoms with Crippen molar-refractivity contribution in [3.05, 3.63) is 47.4 Å². The minimum Gasteiger partial charge on any atom is -0.354 e. The van der Waals surface area contributed by atoms with Crippen LogP contribution in [0.5, 0.6) is 0 Å². The Balaban J connectivity index is 1.51. The molecule has 1 aromatic carbocycles. The van der Waals surface area contributed by atoms with Gasteiger partial charge in [-0.1, -0.05) is 44.1 Å². The summed E-state index contributed by atoms with van der Waals surface area (Å²) in [4.78, 5) is 3.78. The van der Waals surface area contributed by atoms with Gasteiger partial charge < -0.3 is 10.3 Å². The van der Waals surface area contributed by atoms with Crippen LogP contribution in [-0.4, -0.2) is 38.4 Å². The zero-order chi connectivity index (χ0) is 21.3. The minimum atomic E-state index is 0.430. The van der Waals surface area contributed by atoms with Crippen LogP contribution in [0.2, 0.25) is 12.6 Å². The molecule has 31 heavy (non-hydrogen) atoms. The molecule has 2 bridgehead atoms. The van der Waals surface area contributed by atoms with Crippen molar-refractivity contribution >= 4 is 28.7 Å². The molecular formula is C25H30BN5. The molecule has 2 fully saturated rings. The molecule has 0 spiro atoms.